The van der Waals surface area contributed by atoms with E-state index in [-0.39, 0.29) is 5.69 Å². The van der Waals surface area contributed by atoms with Crippen LogP contribution in [0.4, 0.5) is 5.69 Å². The van der Waals surface area contributed by atoms with Gasteiger partial charge in [0.25, 0.3) is 5.69 Å². The maximum atomic E-state index is 10.7. The SMILES string of the molecule is O=[N+]([O-])c1ccc(CSc2nnc3ccc(-c4ccc(Cl)cc4)nn23)cc1. The molecule has 2 heterocycles. The number of nitrogens with zero attached hydrogens (tertiary/aromatic N) is 5. The molecule has 9 heteroatoms. The highest BCUT2D eigenvalue weighted by Gasteiger charge is 2.10. The van der Waals surface area contributed by atoms with E-state index in [9.17, 15) is 10.1 Å². The van der Waals surface area contributed by atoms with Gasteiger partial charge in [0.1, 0.15) is 0 Å². The smallest absolute Gasteiger partial charge is 0.258 e. The molecule has 0 spiro atoms. The molecule has 4 rings (SSSR count). The zero-order valence-electron chi connectivity index (χ0n) is 13.8. The lowest BCUT2D eigenvalue weighted by Gasteiger charge is -2.04. The average molecular weight is 398 g/mol. The van der Waals surface area contributed by atoms with Crippen LogP contribution in [0, 0.1) is 10.1 Å². The molecule has 0 aliphatic rings. The molecule has 0 bridgehead atoms. The fraction of sp³-hybridized carbons (Fsp3) is 0.0556. The van der Waals surface area contributed by atoms with Crippen molar-refractivity contribution in [3.8, 4) is 11.3 Å². The van der Waals surface area contributed by atoms with E-state index >= 15 is 0 Å². The predicted molar refractivity (Wildman–Crippen MR) is 104 cm³/mol. The molecule has 0 N–H and O–H groups in total. The first-order valence-corrected chi connectivity index (χ1v) is 9.31. The van der Waals surface area contributed by atoms with Crippen molar-refractivity contribution in [3.63, 3.8) is 0 Å². The zero-order chi connectivity index (χ0) is 18.8. The number of benzene rings is 2. The summed E-state index contributed by atoms with van der Waals surface area (Å²) < 4.78 is 1.69. The Labute approximate surface area is 163 Å². The number of halogens is 1. The molecule has 2 aromatic heterocycles. The van der Waals surface area contributed by atoms with Crippen molar-refractivity contribution < 1.29 is 4.92 Å². The minimum absolute atomic E-state index is 0.0750. The van der Waals surface area contributed by atoms with Crippen molar-refractivity contribution in [1.82, 2.24) is 19.8 Å². The van der Waals surface area contributed by atoms with Crippen LogP contribution >= 0.6 is 23.4 Å². The first-order chi connectivity index (χ1) is 13.1. The van der Waals surface area contributed by atoms with Crippen LogP contribution in [0.5, 0.6) is 0 Å². The predicted octanol–water partition coefficient (Wildman–Crippen LogP) is 4.65. The van der Waals surface area contributed by atoms with Gasteiger partial charge in [0.15, 0.2) is 5.65 Å². The highest BCUT2D eigenvalue weighted by atomic mass is 35.5. The lowest BCUT2D eigenvalue weighted by Crippen LogP contribution is -1.96. The molecule has 7 nitrogen and oxygen atoms in total. The Morgan fingerprint density at radius 2 is 1.74 bits per heavy atom. The van der Waals surface area contributed by atoms with Crippen LogP contribution in [-0.2, 0) is 5.75 Å². The van der Waals surface area contributed by atoms with Gasteiger partial charge in [-0.1, -0.05) is 47.6 Å². The Hall–Kier alpha value is -2.97. The maximum absolute atomic E-state index is 10.7. The van der Waals surface area contributed by atoms with E-state index in [2.05, 4.69) is 15.3 Å². The summed E-state index contributed by atoms with van der Waals surface area (Å²) in [4.78, 5) is 10.3. The first kappa shape index (κ1) is 17.4. The van der Waals surface area contributed by atoms with Crippen LogP contribution in [0.3, 0.4) is 0 Å². The van der Waals surface area contributed by atoms with E-state index in [4.69, 9.17) is 11.6 Å². The van der Waals surface area contributed by atoms with E-state index in [1.165, 1.54) is 23.9 Å². The van der Waals surface area contributed by atoms with E-state index in [0.29, 0.717) is 21.6 Å². The molecule has 0 radical (unpaired) electrons. The van der Waals surface area contributed by atoms with Crippen LogP contribution in [0.2, 0.25) is 5.02 Å². The molecule has 4 aromatic rings. The van der Waals surface area contributed by atoms with Crippen LogP contribution < -0.4 is 0 Å². The van der Waals surface area contributed by atoms with Gasteiger partial charge >= 0.3 is 0 Å². The maximum Gasteiger partial charge on any atom is 0.269 e. The van der Waals surface area contributed by atoms with Crippen LogP contribution in [-0.4, -0.2) is 24.7 Å². The zero-order valence-corrected chi connectivity index (χ0v) is 15.4. The molecule has 0 atom stereocenters. The molecular formula is C18H12ClN5O2S. The fourth-order valence-corrected chi connectivity index (χ4v) is 3.46. The Morgan fingerprint density at radius 1 is 1.00 bits per heavy atom. The topological polar surface area (TPSA) is 86.2 Å². The second-order valence-electron chi connectivity index (χ2n) is 5.69. The Bertz CT molecular complexity index is 1110. The van der Waals surface area contributed by atoms with Gasteiger partial charge < -0.3 is 0 Å². The van der Waals surface area contributed by atoms with E-state index in [1.54, 1.807) is 16.6 Å². The number of aromatic nitrogens is 4. The molecule has 0 fully saturated rings. The van der Waals surface area contributed by atoms with E-state index in [1.807, 2.05) is 36.4 Å². The van der Waals surface area contributed by atoms with Crippen molar-refractivity contribution in [2.75, 3.05) is 0 Å². The molecule has 0 unspecified atom stereocenters. The number of fused-ring (bicyclic) bond motifs is 1. The molecule has 0 aliphatic carbocycles. The lowest BCUT2D eigenvalue weighted by atomic mass is 10.1. The minimum Gasteiger partial charge on any atom is -0.258 e. The van der Waals surface area contributed by atoms with Crippen molar-refractivity contribution >= 4 is 34.7 Å². The van der Waals surface area contributed by atoms with Crippen molar-refractivity contribution in [2.45, 2.75) is 10.9 Å². The Morgan fingerprint density at radius 3 is 2.44 bits per heavy atom. The molecule has 0 saturated heterocycles. The Balaban J connectivity index is 1.57. The third kappa shape index (κ3) is 3.76. The summed E-state index contributed by atoms with van der Waals surface area (Å²) >= 11 is 7.41. The first-order valence-electron chi connectivity index (χ1n) is 7.95. The highest BCUT2D eigenvalue weighted by Crippen LogP contribution is 2.25. The third-order valence-corrected chi connectivity index (χ3v) is 5.13. The lowest BCUT2D eigenvalue weighted by molar-refractivity contribution is -0.384. The average Bonchev–Trinajstić information content (AvgIpc) is 3.09. The summed E-state index contributed by atoms with van der Waals surface area (Å²) in [5.41, 5.74) is 3.42. The molecule has 27 heavy (non-hydrogen) atoms. The molecular weight excluding hydrogens is 386 g/mol. The fourth-order valence-electron chi connectivity index (χ4n) is 2.50. The summed E-state index contributed by atoms with van der Waals surface area (Å²) in [6, 6.07) is 17.7. The largest absolute Gasteiger partial charge is 0.269 e. The number of nitro benzene ring substituents is 1. The molecule has 0 aliphatic heterocycles. The van der Waals surface area contributed by atoms with Gasteiger partial charge in [-0.05, 0) is 29.8 Å². The molecule has 0 saturated carbocycles. The van der Waals surface area contributed by atoms with E-state index < -0.39 is 4.92 Å². The molecule has 134 valence electrons. The summed E-state index contributed by atoms with van der Waals surface area (Å²) in [7, 11) is 0. The number of hydrogen-bond donors (Lipinski definition) is 0. The van der Waals surface area contributed by atoms with Gasteiger partial charge in [-0.25, -0.2) is 0 Å². The minimum atomic E-state index is -0.412. The quantitative estimate of drug-likeness (QED) is 0.277. The summed E-state index contributed by atoms with van der Waals surface area (Å²) in [6.45, 7) is 0. The van der Waals surface area contributed by atoms with E-state index in [0.717, 1.165) is 16.8 Å². The highest BCUT2D eigenvalue weighted by molar-refractivity contribution is 7.98. The number of thioether (sulfide) groups is 1. The second kappa shape index (κ2) is 7.34. The van der Waals surface area contributed by atoms with Crippen molar-refractivity contribution in [3.05, 3.63) is 81.4 Å². The van der Waals surface area contributed by atoms with Crippen molar-refractivity contribution in [1.29, 1.82) is 0 Å². The van der Waals surface area contributed by atoms with Crippen LogP contribution in [0.1, 0.15) is 5.56 Å². The number of non-ortho nitro benzene ring substituents is 1. The van der Waals surface area contributed by atoms with Crippen LogP contribution in [0.15, 0.2) is 65.8 Å². The van der Waals surface area contributed by atoms with Gasteiger partial charge in [0, 0.05) is 28.5 Å². The van der Waals surface area contributed by atoms with Gasteiger partial charge in [-0.3, -0.25) is 10.1 Å². The monoisotopic (exact) mass is 397 g/mol. The second-order valence-corrected chi connectivity index (χ2v) is 7.07. The number of nitro groups is 1. The standard InChI is InChI=1S/C18H12ClN5O2S/c19-14-5-3-13(4-6-14)16-9-10-17-20-21-18(23(17)22-16)27-11-12-1-7-15(8-2-12)24(25)26/h1-10H,11H2. The van der Waals surface area contributed by atoms with Gasteiger partial charge in [-0.2, -0.15) is 9.61 Å². The summed E-state index contributed by atoms with van der Waals surface area (Å²) in [6.07, 6.45) is 0. The summed E-state index contributed by atoms with van der Waals surface area (Å²) in [5.74, 6) is 0.603. The normalized spacial score (nSPS) is 11.0. The third-order valence-electron chi connectivity index (χ3n) is 3.89. The Kier molecular flexibility index (Phi) is 4.74. The van der Waals surface area contributed by atoms with Gasteiger partial charge in [0.2, 0.25) is 5.16 Å². The van der Waals surface area contributed by atoms with Crippen molar-refractivity contribution in [2.24, 2.45) is 0 Å². The van der Waals surface area contributed by atoms with Gasteiger partial charge in [0.05, 0.1) is 10.6 Å². The van der Waals surface area contributed by atoms with Gasteiger partial charge in [-0.15, -0.1) is 10.2 Å². The number of hydrogen-bond acceptors (Lipinski definition) is 6. The molecule has 2 aromatic carbocycles. The summed E-state index contributed by atoms with van der Waals surface area (Å²) in [5, 5.41) is 25.0. The number of rotatable bonds is 5. The van der Waals surface area contributed by atoms with Crippen LogP contribution in [0.25, 0.3) is 16.9 Å². The molecule has 0 amide bonds.